The number of allylic oxidation sites excluding steroid dienone is 4. The summed E-state index contributed by atoms with van der Waals surface area (Å²) < 4.78 is 0. The molecule has 130 valence electrons. The maximum absolute atomic E-state index is 2.62. The van der Waals surface area contributed by atoms with Gasteiger partial charge < -0.3 is 0 Å². The van der Waals surface area contributed by atoms with Crippen molar-refractivity contribution >= 4 is 38.1 Å². The molecule has 0 nitrogen and oxygen atoms in total. The van der Waals surface area contributed by atoms with E-state index in [0.717, 1.165) is 0 Å². The fraction of sp³-hybridized carbons (Fsp3) is 0.333. The average molecular weight is 353 g/mol. The summed E-state index contributed by atoms with van der Waals surface area (Å²) in [5.74, 6) is 0.587. The average Bonchev–Trinajstić information content (AvgIpc) is 3.15. The second kappa shape index (κ2) is 7.04. The molecule has 0 saturated carbocycles. The third-order valence-electron chi connectivity index (χ3n) is 6.32. The van der Waals surface area contributed by atoms with E-state index in [1.165, 1.54) is 16.7 Å². The van der Waals surface area contributed by atoms with Crippen molar-refractivity contribution in [3.05, 3.63) is 82.9 Å². The van der Waals surface area contributed by atoms with Gasteiger partial charge in [-0.25, -0.2) is 0 Å². The van der Waals surface area contributed by atoms with Crippen LogP contribution in [0.1, 0.15) is 54.1 Å². The van der Waals surface area contributed by atoms with Crippen LogP contribution in [0.2, 0.25) is 13.1 Å². The molecular weight excluding hydrogens is 323 g/mol. The van der Waals surface area contributed by atoms with Crippen LogP contribution in [0.3, 0.4) is 0 Å². The molecule has 0 spiro atoms. The molecule has 0 fully saturated rings. The van der Waals surface area contributed by atoms with Crippen LogP contribution >= 0.6 is 0 Å². The molecule has 2 atom stereocenters. The monoisotopic (exact) mass is 352 g/mol. The Bertz CT molecular complexity index is 889. The van der Waals surface area contributed by atoms with Crippen LogP contribution in [0.5, 0.6) is 0 Å². The number of hydrogen-bond acceptors (Lipinski definition) is 0. The zero-order valence-corrected chi connectivity index (χ0v) is 17.0. The van der Waals surface area contributed by atoms with Gasteiger partial charge in [-0.2, -0.15) is 0 Å². The first kappa shape index (κ1) is 19.5. The summed E-state index contributed by atoms with van der Waals surface area (Å²) in [5, 5.41) is 0. The van der Waals surface area contributed by atoms with Crippen molar-refractivity contribution in [2.75, 3.05) is 0 Å². The van der Waals surface area contributed by atoms with Gasteiger partial charge in [-0.05, 0) is 57.3 Å². The van der Waals surface area contributed by atoms with Gasteiger partial charge in [0.25, 0.3) is 0 Å². The molecule has 2 aromatic rings. The van der Waals surface area contributed by atoms with E-state index in [-0.39, 0.29) is 18.9 Å². The molecule has 2 heteroatoms. The van der Waals surface area contributed by atoms with Crippen molar-refractivity contribution in [2.45, 2.75) is 44.9 Å². The van der Waals surface area contributed by atoms with Crippen LogP contribution in [0.4, 0.5) is 0 Å². The van der Waals surface area contributed by atoms with Crippen molar-refractivity contribution in [3.8, 4) is 0 Å². The van der Waals surface area contributed by atoms with Crippen LogP contribution in [0.25, 0.3) is 11.1 Å². The molecule has 2 unspecified atom stereocenters. The van der Waals surface area contributed by atoms with Gasteiger partial charge in [0, 0.05) is 0 Å². The minimum absolute atomic E-state index is 0. The molecule has 2 aromatic carbocycles. The molecule has 0 heterocycles. The molecule has 0 N–H and O–H groups in total. The molecule has 2 aliphatic carbocycles. The summed E-state index contributed by atoms with van der Waals surface area (Å²) in [5.41, 5.74) is 10.3. The van der Waals surface area contributed by atoms with Crippen LogP contribution in [0, 0.1) is 5.92 Å². The molecular formula is C24H29LiSi. The molecule has 2 aliphatic rings. The molecule has 0 aliphatic heterocycles. The van der Waals surface area contributed by atoms with Gasteiger partial charge >= 0.3 is 18.9 Å². The zero-order valence-electron chi connectivity index (χ0n) is 16.0. The van der Waals surface area contributed by atoms with Gasteiger partial charge in [-0.1, -0.05) is 87.6 Å². The van der Waals surface area contributed by atoms with Crippen molar-refractivity contribution < 1.29 is 0 Å². The van der Waals surface area contributed by atoms with Gasteiger partial charge in [0.2, 0.25) is 0 Å². The van der Waals surface area contributed by atoms with Gasteiger partial charge in [-0.3, -0.25) is 0 Å². The summed E-state index contributed by atoms with van der Waals surface area (Å²) in [6.07, 6.45) is 5.17. The summed E-state index contributed by atoms with van der Waals surface area (Å²) in [6.45, 7) is 12.1. The Labute approximate surface area is 171 Å². The van der Waals surface area contributed by atoms with Crippen molar-refractivity contribution in [3.63, 3.8) is 0 Å². The second-order valence-electron chi connectivity index (χ2n) is 8.58. The summed E-state index contributed by atoms with van der Waals surface area (Å²) >= 11 is 0. The number of benzene rings is 2. The van der Waals surface area contributed by atoms with Crippen LogP contribution in [0.15, 0.2) is 60.7 Å². The van der Waals surface area contributed by atoms with Gasteiger partial charge in [-0.15, -0.1) is 0 Å². The van der Waals surface area contributed by atoms with E-state index in [4.69, 9.17) is 0 Å². The van der Waals surface area contributed by atoms with Crippen LogP contribution < -0.4 is 0 Å². The Morgan fingerprint density at radius 3 is 1.88 bits per heavy atom. The van der Waals surface area contributed by atoms with E-state index >= 15 is 0 Å². The van der Waals surface area contributed by atoms with Crippen LogP contribution in [-0.2, 0) is 0 Å². The zero-order chi connectivity index (χ0) is 17.8. The minimum atomic E-state index is -1.62. The normalized spacial score (nSPS) is 21.0. The van der Waals surface area contributed by atoms with E-state index in [9.17, 15) is 0 Å². The Morgan fingerprint density at radius 1 is 0.769 bits per heavy atom. The molecule has 26 heavy (non-hydrogen) atoms. The van der Waals surface area contributed by atoms with Gasteiger partial charge in [0.1, 0.15) is 0 Å². The van der Waals surface area contributed by atoms with Crippen molar-refractivity contribution in [1.29, 1.82) is 0 Å². The van der Waals surface area contributed by atoms with E-state index in [0.29, 0.717) is 17.0 Å². The van der Waals surface area contributed by atoms with E-state index < -0.39 is 8.07 Å². The quantitative estimate of drug-likeness (QED) is 0.580. The Balaban J connectivity index is 0.00000196. The third-order valence-corrected chi connectivity index (χ3v) is 10.5. The van der Waals surface area contributed by atoms with E-state index in [1.807, 2.05) is 0 Å². The first-order valence-electron chi connectivity index (χ1n) is 9.50. The number of fused-ring (bicyclic) bond motifs is 2. The number of rotatable bonds is 3. The fourth-order valence-electron chi connectivity index (χ4n) is 4.88. The predicted molar refractivity (Wildman–Crippen MR) is 119 cm³/mol. The maximum atomic E-state index is 2.62. The Hall–Kier alpha value is -1.27. The fourth-order valence-corrected chi connectivity index (χ4v) is 8.66. The van der Waals surface area contributed by atoms with Crippen molar-refractivity contribution in [1.82, 2.24) is 0 Å². The van der Waals surface area contributed by atoms with E-state index in [1.54, 1.807) is 16.7 Å². The van der Waals surface area contributed by atoms with Gasteiger partial charge in [0.05, 0.1) is 8.07 Å². The predicted octanol–water partition coefficient (Wildman–Crippen LogP) is 6.16. The Morgan fingerprint density at radius 2 is 1.27 bits per heavy atom. The molecule has 0 aromatic heterocycles. The second-order valence-corrected chi connectivity index (χ2v) is 13.5. The number of hydrogen-bond donors (Lipinski definition) is 0. The summed E-state index contributed by atoms with van der Waals surface area (Å²) in [4.78, 5) is 0. The first-order valence-corrected chi connectivity index (χ1v) is 12.7. The molecule has 0 bridgehead atoms. The summed E-state index contributed by atoms with van der Waals surface area (Å²) in [6, 6.07) is 18.2. The van der Waals surface area contributed by atoms with Crippen LogP contribution in [-0.4, -0.2) is 26.9 Å². The topological polar surface area (TPSA) is 0 Å². The standard InChI is InChI=1S/C24H28Si.Li.H/c1-16(2)22-15-24(21-13-9-7-11-19(21)22)25(4,5)23-14-17(3)18-10-6-8-12-20(18)23;;/h6-16,23-24H,1-5H3;;. The van der Waals surface area contributed by atoms with Gasteiger partial charge in [0.15, 0.2) is 0 Å². The Kier molecular flexibility index (Phi) is 5.28. The molecule has 0 saturated heterocycles. The molecule has 0 amide bonds. The SMILES string of the molecule is CC1=CC([Si](C)(C)C2C=C(C(C)C)c3ccccc32)c2ccccc21.[LiH]. The third kappa shape index (κ3) is 2.91. The molecule has 4 rings (SSSR count). The molecule has 0 radical (unpaired) electrons. The van der Waals surface area contributed by atoms with E-state index in [2.05, 4.69) is 94.5 Å². The summed E-state index contributed by atoms with van der Waals surface area (Å²) in [7, 11) is -1.62. The van der Waals surface area contributed by atoms with Crippen molar-refractivity contribution in [2.24, 2.45) is 5.92 Å². The first-order chi connectivity index (χ1) is 11.9.